The highest BCUT2D eigenvalue weighted by molar-refractivity contribution is 9.10. The smallest absolute Gasteiger partial charge is 0.156 e. The van der Waals surface area contributed by atoms with Crippen LogP contribution in [0, 0.1) is 0 Å². The van der Waals surface area contributed by atoms with Gasteiger partial charge in [0.2, 0.25) is 0 Å². The Morgan fingerprint density at radius 3 is 2.50 bits per heavy atom. The molecule has 1 aromatic carbocycles. The molecule has 0 saturated heterocycles. The second kappa shape index (κ2) is 5.25. The molecule has 2 nitrogen and oxygen atoms in total. The average molecular weight is 258 g/mol. The molecule has 0 atom stereocenters. The SMILES string of the molecule is CCC(CC)Oc1c(N)cccc1Br. The summed E-state index contributed by atoms with van der Waals surface area (Å²) in [5, 5.41) is 0. The number of benzene rings is 1. The van der Waals surface area contributed by atoms with E-state index in [2.05, 4.69) is 29.8 Å². The summed E-state index contributed by atoms with van der Waals surface area (Å²) < 4.78 is 6.72. The topological polar surface area (TPSA) is 35.2 Å². The van der Waals surface area contributed by atoms with E-state index in [1.807, 2.05) is 18.2 Å². The van der Waals surface area contributed by atoms with Crippen molar-refractivity contribution < 1.29 is 4.74 Å². The van der Waals surface area contributed by atoms with Crippen molar-refractivity contribution in [3.63, 3.8) is 0 Å². The van der Waals surface area contributed by atoms with Crippen molar-refractivity contribution in [1.29, 1.82) is 0 Å². The molecule has 0 aliphatic rings. The van der Waals surface area contributed by atoms with Crippen LogP contribution in [0.25, 0.3) is 0 Å². The van der Waals surface area contributed by atoms with Gasteiger partial charge in [-0.15, -0.1) is 0 Å². The number of hydrogen-bond donors (Lipinski definition) is 1. The zero-order chi connectivity index (χ0) is 10.6. The number of nitrogen functional groups attached to an aromatic ring is 1. The van der Waals surface area contributed by atoms with Gasteiger partial charge in [0.1, 0.15) is 0 Å². The van der Waals surface area contributed by atoms with Crippen molar-refractivity contribution in [2.75, 3.05) is 5.73 Å². The number of para-hydroxylation sites is 1. The Kier molecular flexibility index (Phi) is 4.26. The van der Waals surface area contributed by atoms with Crippen LogP contribution >= 0.6 is 15.9 Å². The molecule has 0 unspecified atom stereocenters. The van der Waals surface area contributed by atoms with Crippen LogP contribution < -0.4 is 10.5 Å². The van der Waals surface area contributed by atoms with Crippen molar-refractivity contribution in [1.82, 2.24) is 0 Å². The highest BCUT2D eigenvalue weighted by atomic mass is 79.9. The van der Waals surface area contributed by atoms with Crippen LogP contribution in [0.15, 0.2) is 22.7 Å². The van der Waals surface area contributed by atoms with Crippen LogP contribution in [-0.4, -0.2) is 6.10 Å². The molecule has 0 heterocycles. The van der Waals surface area contributed by atoms with Gasteiger partial charge in [0.15, 0.2) is 5.75 Å². The van der Waals surface area contributed by atoms with Crippen molar-refractivity contribution in [3.8, 4) is 5.75 Å². The Labute approximate surface area is 93.6 Å². The normalized spacial score (nSPS) is 10.6. The molecule has 0 aliphatic heterocycles. The van der Waals surface area contributed by atoms with Gasteiger partial charge in [-0.25, -0.2) is 0 Å². The van der Waals surface area contributed by atoms with E-state index in [1.165, 1.54) is 0 Å². The van der Waals surface area contributed by atoms with E-state index in [4.69, 9.17) is 10.5 Å². The lowest BCUT2D eigenvalue weighted by atomic mass is 10.2. The monoisotopic (exact) mass is 257 g/mol. The molecule has 78 valence electrons. The van der Waals surface area contributed by atoms with Gasteiger partial charge >= 0.3 is 0 Å². The van der Waals surface area contributed by atoms with Crippen LogP contribution in [0.4, 0.5) is 5.69 Å². The first kappa shape index (κ1) is 11.4. The average Bonchev–Trinajstić information content (AvgIpc) is 2.18. The second-order valence-corrected chi connectivity index (χ2v) is 4.07. The Morgan fingerprint density at radius 2 is 2.00 bits per heavy atom. The molecule has 1 rings (SSSR count). The van der Waals surface area contributed by atoms with E-state index in [1.54, 1.807) is 0 Å². The van der Waals surface area contributed by atoms with Gasteiger partial charge in [-0.2, -0.15) is 0 Å². The maximum atomic E-state index is 5.82. The highest BCUT2D eigenvalue weighted by Crippen LogP contribution is 2.32. The summed E-state index contributed by atoms with van der Waals surface area (Å²) >= 11 is 3.43. The molecule has 1 aromatic rings. The fourth-order valence-electron chi connectivity index (χ4n) is 1.27. The summed E-state index contributed by atoms with van der Waals surface area (Å²) in [6.07, 6.45) is 2.24. The van der Waals surface area contributed by atoms with Crippen molar-refractivity contribution in [2.45, 2.75) is 32.8 Å². The molecule has 3 heteroatoms. The van der Waals surface area contributed by atoms with Gasteiger partial charge in [-0.3, -0.25) is 0 Å². The lowest BCUT2D eigenvalue weighted by molar-refractivity contribution is 0.193. The summed E-state index contributed by atoms with van der Waals surface area (Å²) in [7, 11) is 0. The predicted octanol–water partition coefficient (Wildman–Crippen LogP) is 3.60. The maximum Gasteiger partial charge on any atom is 0.156 e. The van der Waals surface area contributed by atoms with Gasteiger partial charge in [0, 0.05) is 0 Å². The maximum absolute atomic E-state index is 5.82. The third-order valence-electron chi connectivity index (χ3n) is 2.19. The first-order chi connectivity index (χ1) is 6.69. The molecule has 0 aromatic heterocycles. The first-order valence-electron chi connectivity index (χ1n) is 4.89. The van der Waals surface area contributed by atoms with E-state index in [0.717, 1.165) is 23.1 Å². The molecule has 2 N–H and O–H groups in total. The third kappa shape index (κ3) is 2.64. The minimum Gasteiger partial charge on any atom is -0.487 e. The Bertz CT molecular complexity index is 277. The number of rotatable bonds is 4. The van der Waals surface area contributed by atoms with Crippen molar-refractivity contribution in [3.05, 3.63) is 22.7 Å². The van der Waals surface area contributed by atoms with Crippen LogP contribution in [0.3, 0.4) is 0 Å². The summed E-state index contributed by atoms with van der Waals surface area (Å²) in [5.41, 5.74) is 6.51. The quantitative estimate of drug-likeness (QED) is 0.837. The number of halogens is 1. The van der Waals surface area contributed by atoms with Gasteiger partial charge in [-0.1, -0.05) is 19.9 Å². The molecule has 0 spiro atoms. The van der Waals surface area contributed by atoms with Gasteiger partial charge in [0.05, 0.1) is 16.3 Å². The molecule has 14 heavy (non-hydrogen) atoms. The molecule has 0 amide bonds. The highest BCUT2D eigenvalue weighted by Gasteiger charge is 2.10. The third-order valence-corrected chi connectivity index (χ3v) is 2.82. The Balaban J connectivity index is 2.84. The number of anilines is 1. The van der Waals surface area contributed by atoms with E-state index >= 15 is 0 Å². The first-order valence-corrected chi connectivity index (χ1v) is 5.69. The van der Waals surface area contributed by atoms with Gasteiger partial charge < -0.3 is 10.5 Å². The summed E-state index contributed by atoms with van der Waals surface area (Å²) in [5.74, 6) is 0.765. The van der Waals surface area contributed by atoms with Crippen LogP contribution in [0.2, 0.25) is 0 Å². The van der Waals surface area contributed by atoms with Crippen molar-refractivity contribution >= 4 is 21.6 Å². The predicted molar refractivity (Wildman–Crippen MR) is 63.6 cm³/mol. The largest absolute Gasteiger partial charge is 0.487 e. The summed E-state index contributed by atoms with van der Waals surface area (Å²) in [6, 6.07) is 5.69. The lowest BCUT2D eigenvalue weighted by Crippen LogP contribution is -2.14. The van der Waals surface area contributed by atoms with E-state index in [0.29, 0.717) is 5.69 Å². The molecule has 0 bridgehead atoms. The van der Waals surface area contributed by atoms with Crippen LogP contribution in [0.1, 0.15) is 26.7 Å². The zero-order valence-electron chi connectivity index (χ0n) is 8.59. The van der Waals surface area contributed by atoms with E-state index in [9.17, 15) is 0 Å². The molecule has 0 fully saturated rings. The molecular formula is C11H16BrNO. The molecular weight excluding hydrogens is 242 g/mol. The minimum absolute atomic E-state index is 0.246. The van der Waals surface area contributed by atoms with Crippen molar-refractivity contribution in [2.24, 2.45) is 0 Å². The number of hydrogen-bond acceptors (Lipinski definition) is 2. The van der Waals surface area contributed by atoms with E-state index < -0.39 is 0 Å². The van der Waals surface area contributed by atoms with E-state index in [-0.39, 0.29) is 6.10 Å². The summed E-state index contributed by atoms with van der Waals surface area (Å²) in [4.78, 5) is 0. The second-order valence-electron chi connectivity index (χ2n) is 3.21. The minimum atomic E-state index is 0.246. The van der Waals surface area contributed by atoms with Gasteiger partial charge in [0.25, 0.3) is 0 Å². The lowest BCUT2D eigenvalue weighted by Gasteiger charge is -2.18. The Hall–Kier alpha value is -0.700. The number of ether oxygens (including phenoxy) is 1. The van der Waals surface area contributed by atoms with Crippen LogP contribution in [0.5, 0.6) is 5.75 Å². The van der Waals surface area contributed by atoms with Crippen LogP contribution in [-0.2, 0) is 0 Å². The number of nitrogens with two attached hydrogens (primary N) is 1. The standard InChI is InChI=1S/C11H16BrNO/c1-3-8(4-2)14-11-9(12)6-5-7-10(11)13/h5-8H,3-4,13H2,1-2H3. The zero-order valence-corrected chi connectivity index (χ0v) is 10.2. The molecule has 0 saturated carbocycles. The van der Waals surface area contributed by atoms with Gasteiger partial charge in [-0.05, 0) is 40.9 Å². The fraction of sp³-hybridized carbons (Fsp3) is 0.455. The molecule has 0 radical (unpaired) electrons. The molecule has 0 aliphatic carbocycles. The summed E-state index contributed by atoms with van der Waals surface area (Å²) in [6.45, 7) is 4.22. The fourth-order valence-corrected chi connectivity index (χ4v) is 1.75. The Morgan fingerprint density at radius 1 is 1.36 bits per heavy atom.